The second-order valence-electron chi connectivity index (χ2n) is 5.51. The highest BCUT2D eigenvalue weighted by Crippen LogP contribution is 2.31. The standard InChI is InChI=1S/C18H19ClN2O2/c1-23-17-7-3-2-6-14(17)18(22)20-13-8-9-16(15(19)12-13)21-10-4-5-11-21/h2-3,6-9,12H,4-5,10-11H2,1H3,(H,20,22). The average Bonchev–Trinajstić information content (AvgIpc) is 3.09. The van der Waals surface area contributed by atoms with Gasteiger partial charge < -0.3 is 15.0 Å². The van der Waals surface area contributed by atoms with Crippen LogP contribution in [0.1, 0.15) is 23.2 Å². The lowest BCUT2D eigenvalue weighted by molar-refractivity contribution is 0.102. The molecule has 0 bridgehead atoms. The molecular formula is C18H19ClN2O2. The Morgan fingerprint density at radius 1 is 1.17 bits per heavy atom. The van der Waals surface area contributed by atoms with Crippen molar-refractivity contribution in [2.45, 2.75) is 12.8 Å². The Hall–Kier alpha value is -2.20. The monoisotopic (exact) mass is 330 g/mol. The molecule has 1 aliphatic heterocycles. The fraction of sp³-hybridized carbons (Fsp3) is 0.278. The molecule has 0 spiro atoms. The van der Waals surface area contributed by atoms with Crippen LogP contribution < -0.4 is 15.0 Å². The molecule has 1 heterocycles. The van der Waals surface area contributed by atoms with E-state index in [2.05, 4.69) is 10.2 Å². The zero-order valence-corrected chi connectivity index (χ0v) is 13.8. The first-order valence-corrected chi connectivity index (χ1v) is 8.05. The second kappa shape index (κ2) is 6.92. The molecule has 2 aromatic carbocycles. The summed E-state index contributed by atoms with van der Waals surface area (Å²) in [7, 11) is 1.55. The lowest BCUT2D eigenvalue weighted by Gasteiger charge is -2.19. The van der Waals surface area contributed by atoms with Gasteiger partial charge in [0.15, 0.2) is 0 Å². The maximum atomic E-state index is 12.4. The molecule has 0 atom stereocenters. The number of amides is 1. The van der Waals surface area contributed by atoms with Gasteiger partial charge in [-0.3, -0.25) is 4.79 Å². The number of carbonyl (C=O) groups excluding carboxylic acids is 1. The number of rotatable bonds is 4. The number of nitrogens with one attached hydrogen (secondary N) is 1. The van der Waals surface area contributed by atoms with E-state index in [4.69, 9.17) is 16.3 Å². The molecule has 1 fully saturated rings. The van der Waals surface area contributed by atoms with Crippen molar-refractivity contribution in [3.05, 3.63) is 53.1 Å². The number of ether oxygens (including phenoxy) is 1. The van der Waals surface area contributed by atoms with E-state index in [-0.39, 0.29) is 5.91 Å². The summed E-state index contributed by atoms with van der Waals surface area (Å²) in [5, 5.41) is 3.53. The number of nitrogens with zero attached hydrogens (tertiary/aromatic N) is 1. The Kier molecular flexibility index (Phi) is 4.72. The van der Waals surface area contributed by atoms with Gasteiger partial charge in [0, 0.05) is 18.8 Å². The van der Waals surface area contributed by atoms with Crippen LogP contribution in [-0.4, -0.2) is 26.1 Å². The van der Waals surface area contributed by atoms with Gasteiger partial charge in [-0.2, -0.15) is 0 Å². The molecule has 0 radical (unpaired) electrons. The Labute approximate surface area is 141 Å². The molecule has 1 N–H and O–H groups in total. The van der Waals surface area contributed by atoms with Gasteiger partial charge in [-0.25, -0.2) is 0 Å². The quantitative estimate of drug-likeness (QED) is 0.913. The first-order valence-electron chi connectivity index (χ1n) is 7.68. The Bertz CT molecular complexity index is 712. The summed E-state index contributed by atoms with van der Waals surface area (Å²) < 4.78 is 5.22. The zero-order valence-electron chi connectivity index (χ0n) is 13.0. The molecular weight excluding hydrogens is 312 g/mol. The number of para-hydroxylation sites is 1. The third kappa shape index (κ3) is 3.42. The molecule has 120 valence electrons. The summed E-state index contributed by atoms with van der Waals surface area (Å²) in [5.41, 5.74) is 2.20. The van der Waals surface area contributed by atoms with Crippen LogP contribution in [0, 0.1) is 0 Å². The van der Waals surface area contributed by atoms with Gasteiger partial charge >= 0.3 is 0 Å². The van der Waals surface area contributed by atoms with Gasteiger partial charge in [0.2, 0.25) is 0 Å². The fourth-order valence-electron chi connectivity index (χ4n) is 2.83. The highest BCUT2D eigenvalue weighted by molar-refractivity contribution is 6.33. The number of anilines is 2. The minimum absolute atomic E-state index is 0.215. The van der Waals surface area contributed by atoms with Crippen LogP contribution in [0.25, 0.3) is 0 Å². The minimum Gasteiger partial charge on any atom is -0.496 e. The van der Waals surface area contributed by atoms with Crippen molar-refractivity contribution in [3.63, 3.8) is 0 Å². The average molecular weight is 331 g/mol. The summed E-state index contributed by atoms with van der Waals surface area (Å²) in [5.74, 6) is 0.331. The van der Waals surface area contributed by atoms with E-state index in [1.807, 2.05) is 18.2 Å². The minimum atomic E-state index is -0.215. The largest absolute Gasteiger partial charge is 0.496 e. The highest BCUT2D eigenvalue weighted by atomic mass is 35.5. The number of benzene rings is 2. The van der Waals surface area contributed by atoms with Gasteiger partial charge in [-0.05, 0) is 43.2 Å². The van der Waals surface area contributed by atoms with Crippen LogP contribution in [-0.2, 0) is 0 Å². The van der Waals surface area contributed by atoms with Gasteiger partial charge in [-0.15, -0.1) is 0 Å². The molecule has 0 aromatic heterocycles. The molecule has 1 aliphatic rings. The zero-order chi connectivity index (χ0) is 16.2. The Balaban J connectivity index is 1.77. The van der Waals surface area contributed by atoms with Gasteiger partial charge in [0.1, 0.15) is 5.75 Å². The van der Waals surface area contributed by atoms with Gasteiger partial charge in [0.05, 0.1) is 23.4 Å². The molecule has 4 nitrogen and oxygen atoms in total. The summed E-state index contributed by atoms with van der Waals surface area (Å²) in [4.78, 5) is 14.7. The van der Waals surface area contributed by atoms with E-state index in [1.165, 1.54) is 12.8 Å². The highest BCUT2D eigenvalue weighted by Gasteiger charge is 2.16. The first kappa shape index (κ1) is 15.7. The fourth-order valence-corrected chi connectivity index (χ4v) is 3.13. The Morgan fingerprint density at radius 2 is 1.91 bits per heavy atom. The predicted molar refractivity (Wildman–Crippen MR) is 93.8 cm³/mol. The smallest absolute Gasteiger partial charge is 0.259 e. The molecule has 1 saturated heterocycles. The van der Waals surface area contributed by atoms with Gasteiger partial charge in [-0.1, -0.05) is 23.7 Å². The van der Waals surface area contributed by atoms with Crippen molar-refractivity contribution in [3.8, 4) is 5.75 Å². The van der Waals surface area contributed by atoms with Crippen LogP contribution in [0.3, 0.4) is 0 Å². The van der Waals surface area contributed by atoms with Crippen LogP contribution >= 0.6 is 11.6 Å². The summed E-state index contributed by atoms with van der Waals surface area (Å²) in [6, 6.07) is 12.8. The van der Waals surface area contributed by atoms with Crippen LogP contribution in [0.2, 0.25) is 5.02 Å². The lowest BCUT2D eigenvalue weighted by atomic mass is 10.2. The number of hydrogen-bond acceptors (Lipinski definition) is 3. The second-order valence-corrected chi connectivity index (χ2v) is 5.92. The van der Waals surface area contributed by atoms with E-state index >= 15 is 0 Å². The molecule has 2 aromatic rings. The molecule has 0 unspecified atom stereocenters. The Morgan fingerprint density at radius 3 is 2.61 bits per heavy atom. The number of halogens is 1. The molecule has 0 saturated carbocycles. The molecule has 5 heteroatoms. The van der Waals surface area contributed by atoms with Crippen LogP contribution in [0.5, 0.6) is 5.75 Å². The molecule has 23 heavy (non-hydrogen) atoms. The summed E-state index contributed by atoms with van der Waals surface area (Å²) >= 11 is 6.38. The van der Waals surface area contributed by atoms with Crippen molar-refractivity contribution in [1.29, 1.82) is 0 Å². The summed E-state index contributed by atoms with van der Waals surface area (Å²) in [6.45, 7) is 2.07. The maximum Gasteiger partial charge on any atom is 0.259 e. The maximum absolute atomic E-state index is 12.4. The van der Waals surface area contributed by atoms with Crippen molar-refractivity contribution < 1.29 is 9.53 Å². The molecule has 1 amide bonds. The van der Waals surface area contributed by atoms with E-state index in [1.54, 1.807) is 31.4 Å². The molecule has 3 rings (SSSR count). The third-order valence-electron chi connectivity index (χ3n) is 4.00. The topological polar surface area (TPSA) is 41.6 Å². The van der Waals surface area contributed by atoms with Crippen LogP contribution in [0.15, 0.2) is 42.5 Å². The SMILES string of the molecule is COc1ccccc1C(=O)Nc1ccc(N2CCCC2)c(Cl)c1. The van der Waals surface area contributed by atoms with Crippen molar-refractivity contribution in [1.82, 2.24) is 0 Å². The summed E-state index contributed by atoms with van der Waals surface area (Å²) in [6.07, 6.45) is 2.39. The van der Waals surface area contributed by atoms with Crippen molar-refractivity contribution in [2.24, 2.45) is 0 Å². The van der Waals surface area contributed by atoms with E-state index < -0.39 is 0 Å². The van der Waals surface area contributed by atoms with E-state index in [0.29, 0.717) is 22.0 Å². The molecule has 0 aliphatic carbocycles. The number of methoxy groups -OCH3 is 1. The van der Waals surface area contributed by atoms with Crippen molar-refractivity contribution >= 4 is 28.9 Å². The first-order chi connectivity index (χ1) is 11.2. The number of hydrogen-bond donors (Lipinski definition) is 1. The van der Waals surface area contributed by atoms with Gasteiger partial charge in [0.25, 0.3) is 5.91 Å². The van der Waals surface area contributed by atoms with Crippen LogP contribution in [0.4, 0.5) is 11.4 Å². The van der Waals surface area contributed by atoms with Crippen molar-refractivity contribution in [2.75, 3.05) is 30.4 Å². The normalized spacial score (nSPS) is 13.9. The lowest BCUT2D eigenvalue weighted by Crippen LogP contribution is -2.18. The van der Waals surface area contributed by atoms with E-state index in [9.17, 15) is 4.79 Å². The number of carbonyl (C=O) groups is 1. The predicted octanol–water partition coefficient (Wildman–Crippen LogP) is 4.20. The van der Waals surface area contributed by atoms with E-state index in [0.717, 1.165) is 18.8 Å². The third-order valence-corrected chi connectivity index (χ3v) is 4.31.